The van der Waals surface area contributed by atoms with Crippen LogP contribution in [0.3, 0.4) is 0 Å². The third-order valence-corrected chi connectivity index (χ3v) is 8.77. The van der Waals surface area contributed by atoms with Crippen molar-refractivity contribution in [3.05, 3.63) is 60.3 Å². The lowest BCUT2D eigenvalue weighted by atomic mass is 9.82. The van der Waals surface area contributed by atoms with Crippen molar-refractivity contribution in [1.29, 1.82) is 0 Å². The number of nitrogens with one attached hydrogen (secondary N) is 3. The molecule has 4 rings (SSSR count). The second-order valence-corrected chi connectivity index (χ2v) is 12.6. The number of amides is 1. The Labute approximate surface area is 226 Å². The molecule has 0 unspecified atom stereocenters. The minimum absolute atomic E-state index is 0.0200. The molecule has 11 heteroatoms. The van der Waals surface area contributed by atoms with E-state index in [0.717, 1.165) is 13.0 Å². The molecule has 212 valence electrons. The van der Waals surface area contributed by atoms with Gasteiger partial charge >= 0.3 is 6.36 Å². The van der Waals surface area contributed by atoms with Gasteiger partial charge in [0, 0.05) is 28.7 Å². The number of hydrogen-bond acceptors (Lipinski definition) is 5. The number of carbonyl (C=O) groups excluding carboxylic acids is 1. The first kappa shape index (κ1) is 28.9. The molecule has 1 fully saturated rings. The number of rotatable bonds is 10. The standard InChI is InChI=1S/C28H34F3N3O4S/c1-18(2)16-32-21-8-10-26(20(13-21)17-39(36,37)24-6-4-3-5-7-24)34-27(35)15-22-12-19-14-23(38-28(29,30)31)9-11-25(19)33-22/h3-7,9,11-12,14,18,20-21,26,32-33H,8,10,13,15-17H2,1-2H3,(H,34,35)/t20-,21+,26-/m0/s1. The summed E-state index contributed by atoms with van der Waals surface area (Å²) in [5.74, 6) is -0.510. The van der Waals surface area contributed by atoms with Gasteiger partial charge < -0.3 is 20.4 Å². The van der Waals surface area contributed by atoms with E-state index in [0.29, 0.717) is 35.4 Å². The van der Waals surface area contributed by atoms with Gasteiger partial charge in [-0.3, -0.25) is 4.79 Å². The van der Waals surface area contributed by atoms with Crippen LogP contribution in [0.2, 0.25) is 0 Å². The monoisotopic (exact) mass is 565 g/mol. The van der Waals surface area contributed by atoms with Gasteiger partial charge in [0.2, 0.25) is 5.91 Å². The van der Waals surface area contributed by atoms with E-state index in [1.165, 1.54) is 18.2 Å². The number of ether oxygens (including phenoxy) is 1. The van der Waals surface area contributed by atoms with Crippen molar-refractivity contribution in [2.75, 3.05) is 12.3 Å². The number of fused-ring (bicyclic) bond motifs is 1. The van der Waals surface area contributed by atoms with Crippen molar-refractivity contribution in [2.24, 2.45) is 11.8 Å². The molecule has 39 heavy (non-hydrogen) atoms. The summed E-state index contributed by atoms with van der Waals surface area (Å²) in [7, 11) is -3.55. The Bertz CT molecular complexity index is 1370. The number of sulfone groups is 1. The zero-order valence-electron chi connectivity index (χ0n) is 21.9. The molecular weight excluding hydrogens is 531 g/mol. The first-order valence-corrected chi connectivity index (χ1v) is 14.7. The molecule has 3 atom stereocenters. The van der Waals surface area contributed by atoms with Crippen LogP contribution in [-0.2, 0) is 21.1 Å². The fourth-order valence-corrected chi connectivity index (χ4v) is 6.82. The van der Waals surface area contributed by atoms with Crippen LogP contribution in [0.15, 0.2) is 59.5 Å². The molecule has 7 nitrogen and oxygen atoms in total. The third-order valence-electron chi connectivity index (χ3n) is 6.91. The van der Waals surface area contributed by atoms with Gasteiger partial charge in [0.15, 0.2) is 9.84 Å². The molecular formula is C28H34F3N3O4S. The average Bonchev–Trinajstić information content (AvgIpc) is 3.24. The minimum atomic E-state index is -4.79. The van der Waals surface area contributed by atoms with Crippen LogP contribution in [0, 0.1) is 11.8 Å². The first-order chi connectivity index (χ1) is 18.4. The van der Waals surface area contributed by atoms with E-state index in [2.05, 4.69) is 34.2 Å². The van der Waals surface area contributed by atoms with E-state index in [-0.39, 0.29) is 46.7 Å². The maximum absolute atomic E-state index is 13.2. The summed E-state index contributed by atoms with van der Waals surface area (Å²) in [6, 6.07) is 13.7. The maximum atomic E-state index is 13.2. The van der Waals surface area contributed by atoms with Crippen molar-refractivity contribution in [2.45, 2.75) is 62.9 Å². The van der Waals surface area contributed by atoms with Gasteiger partial charge in [-0.2, -0.15) is 0 Å². The Hall–Kier alpha value is -3.05. The van der Waals surface area contributed by atoms with Crippen LogP contribution in [0.4, 0.5) is 13.2 Å². The Morgan fingerprint density at radius 3 is 2.54 bits per heavy atom. The largest absolute Gasteiger partial charge is 0.573 e. The van der Waals surface area contributed by atoms with Gasteiger partial charge in [-0.25, -0.2) is 8.42 Å². The molecule has 0 spiro atoms. The topological polar surface area (TPSA) is 100 Å². The molecule has 1 aliphatic rings. The van der Waals surface area contributed by atoms with E-state index >= 15 is 0 Å². The molecule has 3 N–H and O–H groups in total. The zero-order chi connectivity index (χ0) is 28.2. The van der Waals surface area contributed by atoms with E-state index in [1.54, 1.807) is 36.4 Å². The van der Waals surface area contributed by atoms with Crippen molar-refractivity contribution in [3.63, 3.8) is 0 Å². The smallest absolute Gasteiger partial charge is 0.406 e. The van der Waals surface area contributed by atoms with Crippen LogP contribution in [-0.4, -0.2) is 50.1 Å². The fraction of sp³-hybridized carbons (Fsp3) is 0.464. The summed E-state index contributed by atoms with van der Waals surface area (Å²) in [6.07, 6.45) is -2.73. The van der Waals surface area contributed by atoms with Gasteiger partial charge in [-0.15, -0.1) is 13.2 Å². The van der Waals surface area contributed by atoms with Crippen molar-refractivity contribution in [3.8, 4) is 5.75 Å². The summed E-state index contributed by atoms with van der Waals surface area (Å²) in [6.45, 7) is 5.06. The molecule has 1 aromatic heterocycles. The molecule has 3 aromatic rings. The van der Waals surface area contributed by atoms with E-state index in [4.69, 9.17) is 0 Å². The van der Waals surface area contributed by atoms with E-state index < -0.39 is 16.2 Å². The molecule has 2 aromatic carbocycles. The summed E-state index contributed by atoms with van der Waals surface area (Å²) >= 11 is 0. The Morgan fingerprint density at radius 2 is 1.85 bits per heavy atom. The van der Waals surface area contributed by atoms with Crippen LogP contribution in [0.1, 0.15) is 38.8 Å². The number of H-pyrrole nitrogens is 1. The van der Waals surface area contributed by atoms with E-state index in [1.807, 2.05) is 0 Å². The number of aromatic amines is 1. The predicted octanol–water partition coefficient (Wildman–Crippen LogP) is 4.98. The quantitative estimate of drug-likeness (QED) is 0.322. The second kappa shape index (κ2) is 12.0. The molecule has 0 bridgehead atoms. The van der Waals surface area contributed by atoms with E-state index in [9.17, 15) is 26.4 Å². The lowest BCUT2D eigenvalue weighted by Crippen LogP contribution is -2.50. The highest BCUT2D eigenvalue weighted by molar-refractivity contribution is 7.91. The number of benzene rings is 2. The van der Waals surface area contributed by atoms with Crippen LogP contribution in [0.5, 0.6) is 5.75 Å². The summed E-state index contributed by atoms with van der Waals surface area (Å²) < 4.78 is 68.0. The van der Waals surface area contributed by atoms with Gasteiger partial charge in [0.05, 0.1) is 17.1 Å². The van der Waals surface area contributed by atoms with Gasteiger partial charge in [-0.05, 0) is 74.0 Å². The predicted molar refractivity (Wildman–Crippen MR) is 143 cm³/mol. The Balaban J connectivity index is 1.45. The highest BCUT2D eigenvalue weighted by atomic mass is 32.2. The molecule has 1 amide bonds. The minimum Gasteiger partial charge on any atom is -0.406 e. The normalized spacial score (nSPS) is 20.3. The van der Waals surface area contributed by atoms with Crippen molar-refractivity contribution >= 4 is 26.6 Å². The second-order valence-electron chi connectivity index (χ2n) is 10.6. The molecule has 0 radical (unpaired) electrons. The third kappa shape index (κ3) is 8.22. The summed E-state index contributed by atoms with van der Waals surface area (Å²) in [5, 5.41) is 7.06. The molecule has 0 saturated heterocycles. The van der Waals surface area contributed by atoms with Crippen LogP contribution < -0.4 is 15.4 Å². The zero-order valence-corrected chi connectivity index (χ0v) is 22.7. The summed E-state index contributed by atoms with van der Waals surface area (Å²) in [5.41, 5.74) is 1.11. The SMILES string of the molecule is CC(C)CN[C@@H]1CC[C@H](NC(=O)Cc2cc3cc(OC(F)(F)F)ccc3[nH]2)[C@H](CS(=O)(=O)c2ccccc2)C1. The number of aromatic nitrogens is 1. The fourth-order valence-electron chi connectivity index (χ4n) is 5.13. The Kier molecular flexibility index (Phi) is 8.90. The summed E-state index contributed by atoms with van der Waals surface area (Å²) in [4.78, 5) is 16.3. The van der Waals surface area contributed by atoms with Crippen molar-refractivity contribution in [1.82, 2.24) is 15.6 Å². The molecule has 1 heterocycles. The van der Waals surface area contributed by atoms with Crippen molar-refractivity contribution < 1.29 is 31.1 Å². The van der Waals surface area contributed by atoms with Crippen LogP contribution in [0.25, 0.3) is 10.9 Å². The lowest BCUT2D eigenvalue weighted by Gasteiger charge is -2.37. The molecule has 1 aliphatic carbocycles. The number of alkyl halides is 3. The molecule has 0 aliphatic heterocycles. The Morgan fingerprint density at radius 1 is 1.10 bits per heavy atom. The van der Waals surface area contributed by atoms with Gasteiger partial charge in [0.1, 0.15) is 5.75 Å². The maximum Gasteiger partial charge on any atom is 0.573 e. The molecule has 1 saturated carbocycles. The highest BCUT2D eigenvalue weighted by Crippen LogP contribution is 2.30. The number of hydrogen-bond donors (Lipinski definition) is 3. The van der Waals surface area contributed by atoms with Gasteiger partial charge in [0.25, 0.3) is 0 Å². The average molecular weight is 566 g/mol. The van der Waals surface area contributed by atoms with Gasteiger partial charge in [-0.1, -0.05) is 32.0 Å². The number of halogens is 3. The number of carbonyl (C=O) groups is 1. The highest BCUT2D eigenvalue weighted by Gasteiger charge is 2.35. The lowest BCUT2D eigenvalue weighted by molar-refractivity contribution is -0.274. The first-order valence-electron chi connectivity index (χ1n) is 13.1. The van der Waals surface area contributed by atoms with Crippen LogP contribution >= 0.6 is 0 Å².